The van der Waals surface area contributed by atoms with Crippen molar-refractivity contribution in [1.82, 2.24) is 5.32 Å². The third-order valence-electron chi connectivity index (χ3n) is 2.87. The fraction of sp³-hybridized carbons (Fsp3) is 0.417. The van der Waals surface area contributed by atoms with Crippen molar-refractivity contribution < 1.29 is 9.66 Å². The molecule has 1 aromatic carbocycles. The Bertz CT molecular complexity index is 490. The molecule has 1 aliphatic heterocycles. The first kappa shape index (κ1) is 12.3. The molecular formula is C12H13N3O3. The highest BCUT2D eigenvalue weighted by Gasteiger charge is 2.21. The summed E-state index contributed by atoms with van der Waals surface area (Å²) in [6.45, 7) is 1.69. The van der Waals surface area contributed by atoms with Crippen molar-refractivity contribution >= 4 is 5.69 Å². The molecule has 6 nitrogen and oxygen atoms in total. The Morgan fingerprint density at radius 3 is 2.78 bits per heavy atom. The summed E-state index contributed by atoms with van der Waals surface area (Å²) < 4.78 is 5.66. The van der Waals surface area contributed by atoms with Crippen molar-refractivity contribution in [2.75, 3.05) is 13.1 Å². The number of ether oxygens (including phenoxy) is 1. The maximum Gasteiger partial charge on any atom is 0.311 e. The van der Waals surface area contributed by atoms with E-state index >= 15 is 0 Å². The molecule has 0 amide bonds. The van der Waals surface area contributed by atoms with Gasteiger partial charge >= 0.3 is 5.69 Å². The summed E-state index contributed by atoms with van der Waals surface area (Å²) in [7, 11) is 0. The van der Waals surface area contributed by atoms with Crippen LogP contribution in [0.25, 0.3) is 0 Å². The Labute approximate surface area is 104 Å². The van der Waals surface area contributed by atoms with Gasteiger partial charge in [0.05, 0.1) is 16.6 Å². The molecule has 18 heavy (non-hydrogen) atoms. The van der Waals surface area contributed by atoms with E-state index in [-0.39, 0.29) is 17.5 Å². The standard InChI is InChI=1S/C12H13N3O3/c13-8-9-1-2-11(15(16)17)12(7-9)18-10-3-5-14-6-4-10/h1-2,7,10,14H,3-6H2. The second kappa shape index (κ2) is 5.47. The number of nitriles is 1. The number of nitro benzene ring substituents is 1. The van der Waals surface area contributed by atoms with Crippen molar-refractivity contribution in [3.63, 3.8) is 0 Å². The Morgan fingerprint density at radius 1 is 1.44 bits per heavy atom. The van der Waals surface area contributed by atoms with E-state index in [4.69, 9.17) is 10.00 Å². The van der Waals surface area contributed by atoms with Crippen LogP contribution in [0.4, 0.5) is 5.69 Å². The van der Waals surface area contributed by atoms with E-state index in [2.05, 4.69) is 5.32 Å². The maximum absolute atomic E-state index is 10.9. The van der Waals surface area contributed by atoms with Crippen LogP contribution in [0.15, 0.2) is 18.2 Å². The summed E-state index contributed by atoms with van der Waals surface area (Å²) in [6, 6.07) is 6.12. The van der Waals surface area contributed by atoms with E-state index in [1.54, 1.807) is 0 Å². The molecule has 2 rings (SSSR count). The van der Waals surface area contributed by atoms with Crippen LogP contribution in [0.2, 0.25) is 0 Å². The molecule has 0 unspecified atom stereocenters. The second-order valence-electron chi connectivity index (χ2n) is 4.12. The van der Waals surface area contributed by atoms with Gasteiger partial charge in [-0.15, -0.1) is 0 Å². The Kier molecular flexibility index (Phi) is 3.75. The zero-order chi connectivity index (χ0) is 13.0. The zero-order valence-corrected chi connectivity index (χ0v) is 9.76. The first-order valence-corrected chi connectivity index (χ1v) is 5.76. The van der Waals surface area contributed by atoms with Crippen LogP contribution in [0.1, 0.15) is 18.4 Å². The third kappa shape index (κ3) is 2.76. The average Bonchev–Trinajstić information content (AvgIpc) is 2.39. The number of hydrogen-bond acceptors (Lipinski definition) is 5. The highest BCUT2D eigenvalue weighted by molar-refractivity contribution is 5.51. The topological polar surface area (TPSA) is 88.2 Å². The summed E-state index contributed by atoms with van der Waals surface area (Å²) in [5, 5.41) is 22.9. The summed E-state index contributed by atoms with van der Waals surface area (Å²) in [4.78, 5) is 10.4. The van der Waals surface area contributed by atoms with Gasteiger partial charge in [0.1, 0.15) is 6.10 Å². The lowest BCUT2D eigenvalue weighted by atomic mass is 10.1. The van der Waals surface area contributed by atoms with Crippen molar-refractivity contribution in [2.45, 2.75) is 18.9 Å². The number of nitro groups is 1. The SMILES string of the molecule is N#Cc1ccc([N+](=O)[O-])c(OC2CCNCC2)c1. The maximum atomic E-state index is 10.9. The van der Waals surface area contributed by atoms with Crippen LogP contribution in [0.5, 0.6) is 5.75 Å². The Morgan fingerprint density at radius 2 is 2.17 bits per heavy atom. The molecule has 1 N–H and O–H groups in total. The van der Waals surface area contributed by atoms with Gasteiger partial charge in [-0.05, 0) is 32.0 Å². The molecule has 1 heterocycles. The molecule has 0 aliphatic carbocycles. The lowest BCUT2D eigenvalue weighted by Crippen LogP contribution is -2.34. The van der Waals surface area contributed by atoms with Gasteiger partial charge in [-0.3, -0.25) is 10.1 Å². The van der Waals surface area contributed by atoms with Crippen LogP contribution in [0.3, 0.4) is 0 Å². The number of rotatable bonds is 3. The molecule has 0 radical (unpaired) electrons. The van der Waals surface area contributed by atoms with Crippen LogP contribution in [-0.2, 0) is 0 Å². The molecule has 1 fully saturated rings. The molecule has 0 spiro atoms. The fourth-order valence-corrected chi connectivity index (χ4v) is 1.92. The van der Waals surface area contributed by atoms with Crippen LogP contribution < -0.4 is 10.1 Å². The van der Waals surface area contributed by atoms with E-state index in [1.165, 1.54) is 18.2 Å². The van der Waals surface area contributed by atoms with Crippen molar-refractivity contribution in [3.05, 3.63) is 33.9 Å². The van der Waals surface area contributed by atoms with Crippen LogP contribution >= 0.6 is 0 Å². The van der Waals surface area contributed by atoms with Gasteiger partial charge in [0.2, 0.25) is 0 Å². The van der Waals surface area contributed by atoms with E-state index in [1.807, 2.05) is 6.07 Å². The summed E-state index contributed by atoms with van der Waals surface area (Å²) in [5.74, 6) is 0.186. The van der Waals surface area contributed by atoms with Gasteiger partial charge in [-0.1, -0.05) is 0 Å². The zero-order valence-electron chi connectivity index (χ0n) is 9.76. The van der Waals surface area contributed by atoms with E-state index in [9.17, 15) is 10.1 Å². The van der Waals surface area contributed by atoms with Crippen molar-refractivity contribution in [1.29, 1.82) is 5.26 Å². The average molecular weight is 247 g/mol. The number of nitrogens with zero attached hydrogens (tertiary/aromatic N) is 2. The quantitative estimate of drug-likeness (QED) is 0.647. The minimum atomic E-state index is -0.489. The fourth-order valence-electron chi connectivity index (χ4n) is 1.92. The summed E-state index contributed by atoms with van der Waals surface area (Å²) >= 11 is 0. The third-order valence-corrected chi connectivity index (χ3v) is 2.87. The Balaban J connectivity index is 2.23. The highest BCUT2D eigenvalue weighted by atomic mass is 16.6. The molecule has 1 saturated heterocycles. The van der Waals surface area contributed by atoms with E-state index in [0.29, 0.717) is 5.56 Å². The van der Waals surface area contributed by atoms with Gasteiger partial charge in [0.15, 0.2) is 5.75 Å². The van der Waals surface area contributed by atoms with E-state index in [0.717, 1.165) is 25.9 Å². The number of nitrogens with one attached hydrogen (secondary N) is 1. The predicted molar refractivity (Wildman–Crippen MR) is 64.3 cm³/mol. The van der Waals surface area contributed by atoms with Crippen LogP contribution in [0, 0.1) is 21.4 Å². The lowest BCUT2D eigenvalue weighted by Gasteiger charge is -2.23. The Hall–Kier alpha value is -2.13. The summed E-state index contributed by atoms with van der Waals surface area (Å²) in [6.07, 6.45) is 1.60. The molecule has 0 aromatic heterocycles. The van der Waals surface area contributed by atoms with Gasteiger partial charge < -0.3 is 10.1 Å². The van der Waals surface area contributed by atoms with Crippen molar-refractivity contribution in [2.24, 2.45) is 0 Å². The molecular weight excluding hydrogens is 234 g/mol. The minimum Gasteiger partial charge on any atom is -0.483 e. The number of benzene rings is 1. The molecule has 94 valence electrons. The summed E-state index contributed by atoms with van der Waals surface area (Å²) in [5.41, 5.74) is 0.275. The molecule has 1 aliphatic rings. The first-order chi connectivity index (χ1) is 8.70. The largest absolute Gasteiger partial charge is 0.483 e. The van der Waals surface area contributed by atoms with Gasteiger partial charge in [0.25, 0.3) is 0 Å². The monoisotopic (exact) mass is 247 g/mol. The molecule has 0 bridgehead atoms. The van der Waals surface area contributed by atoms with Gasteiger partial charge in [-0.25, -0.2) is 0 Å². The van der Waals surface area contributed by atoms with E-state index < -0.39 is 4.92 Å². The smallest absolute Gasteiger partial charge is 0.311 e. The molecule has 1 aromatic rings. The van der Waals surface area contributed by atoms with Crippen LogP contribution in [-0.4, -0.2) is 24.1 Å². The number of hydrogen-bond donors (Lipinski definition) is 1. The molecule has 6 heteroatoms. The highest BCUT2D eigenvalue weighted by Crippen LogP contribution is 2.29. The first-order valence-electron chi connectivity index (χ1n) is 5.76. The lowest BCUT2D eigenvalue weighted by molar-refractivity contribution is -0.386. The minimum absolute atomic E-state index is 0.0288. The van der Waals surface area contributed by atoms with Crippen molar-refractivity contribution in [3.8, 4) is 11.8 Å². The normalized spacial score (nSPS) is 15.9. The van der Waals surface area contributed by atoms with Gasteiger partial charge in [-0.2, -0.15) is 5.26 Å². The molecule has 0 atom stereocenters. The van der Waals surface area contributed by atoms with Gasteiger partial charge in [0, 0.05) is 12.1 Å². The molecule has 0 saturated carbocycles. The second-order valence-corrected chi connectivity index (χ2v) is 4.12. The number of piperidine rings is 1. The predicted octanol–water partition coefficient (Wildman–Crippen LogP) is 1.60.